The first kappa shape index (κ1) is 8.97. The Morgan fingerprint density at radius 2 is 2.18 bits per heavy atom. The second-order valence-electron chi connectivity index (χ2n) is 3.38. The highest BCUT2D eigenvalue weighted by atomic mass is 16.3. The monoisotopic (exact) mass is 159 g/mol. The van der Waals surface area contributed by atoms with Crippen LogP contribution < -0.4 is 5.73 Å². The van der Waals surface area contributed by atoms with Crippen molar-refractivity contribution in [3.63, 3.8) is 0 Å². The van der Waals surface area contributed by atoms with Gasteiger partial charge in [-0.15, -0.1) is 0 Å². The second-order valence-corrected chi connectivity index (χ2v) is 3.38. The van der Waals surface area contributed by atoms with E-state index in [0.717, 1.165) is 25.7 Å². The van der Waals surface area contributed by atoms with E-state index in [0.29, 0.717) is 6.54 Å². The molecule has 4 N–H and O–H groups in total. The summed E-state index contributed by atoms with van der Waals surface area (Å²) in [6, 6.07) is 0. The number of nitrogens with two attached hydrogens (primary N) is 1. The van der Waals surface area contributed by atoms with Gasteiger partial charge in [0.1, 0.15) is 0 Å². The maximum absolute atomic E-state index is 9.36. The average molecular weight is 159 g/mol. The van der Waals surface area contributed by atoms with E-state index in [9.17, 15) is 10.2 Å². The normalized spacial score (nSPS) is 35.2. The Balaban J connectivity index is 2.33. The van der Waals surface area contributed by atoms with Crippen molar-refractivity contribution in [3.05, 3.63) is 0 Å². The van der Waals surface area contributed by atoms with Crippen LogP contribution in [0.2, 0.25) is 0 Å². The van der Waals surface area contributed by atoms with Gasteiger partial charge < -0.3 is 15.9 Å². The molecule has 0 aromatic carbocycles. The Labute approximate surface area is 67.2 Å². The average Bonchev–Trinajstić information content (AvgIpc) is 2.03. The highest BCUT2D eigenvalue weighted by Crippen LogP contribution is 2.26. The largest absolute Gasteiger partial charge is 0.393 e. The highest BCUT2D eigenvalue weighted by Gasteiger charge is 2.24. The van der Waals surface area contributed by atoms with Gasteiger partial charge in [-0.05, 0) is 25.2 Å². The molecule has 0 bridgehead atoms. The third-order valence-electron chi connectivity index (χ3n) is 2.47. The first-order chi connectivity index (χ1) is 5.24. The molecule has 0 aromatic rings. The van der Waals surface area contributed by atoms with Crippen LogP contribution in [0.4, 0.5) is 0 Å². The van der Waals surface area contributed by atoms with Crippen LogP contribution in [0.1, 0.15) is 25.7 Å². The van der Waals surface area contributed by atoms with E-state index in [1.54, 1.807) is 0 Å². The smallest absolute Gasteiger partial charge is 0.0691 e. The summed E-state index contributed by atoms with van der Waals surface area (Å²) in [7, 11) is 0. The quantitative estimate of drug-likeness (QED) is 0.525. The third kappa shape index (κ3) is 2.43. The molecule has 0 saturated heterocycles. The van der Waals surface area contributed by atoms with E-state index in [1.807, 2.05) is 0 Å². The summed E-state index contributed by atoms with van der Waals surface area (Å²) in [5.74, 6) is 0.226. The highest BCUT2D eigenvalue weighted by molar-refractivity contribution is 4.77. The molecule has 1 rings (SSSR count). The van der Waals surface area contributed by atoms with E-state index >= 15 is 0 Å². The zero-order valence-electron chi connectivity index (χ0n) is 6.74. The van der Waals surface area contributed by atoms with Crippen molar-refractivity contribution in [1.29, 1.82) is 0 Å². The molecule has 1 fully saturated rings. The molecule has 3 atom stereocenters. The summed E-state index contributed by atoms with van der Waals surface area (Å²) in [6.07, 6.45) is 3.00. The summed E-state index contributed by atoms with van der Waals surface area (Å²) in [5.41, 5.74) is 5.32. The Morgan fingerprint density at radius 3 is 2.73 bits per heavy atom. The molecule has 0 amide bonds. The second kappa shape index (κ2) is 4.04. The summed E-state index contributed by atoms with van der Waals surface area (Å²) < 4.78 is 0. The number of aliphatic hydroxyl groups is 2. The standard InChI is InChI=1S/C8H17NO2/c9-5-8(11)6-2-1-3-7(10)4-6/h6-8,10-11H,1-5,9H2. The van der Waals surface area contributed by atoms with Crippen LogP contribution in [0.5, 0.6) is 0 Å². The Hall–Kier alpha value is -0.120. The predicted molar refractivity (Wildman–Crippen MR) is 43.0 cm³/mol. The molecule has 3 heteroatoms. The van der Waals surface area contributed by atoms with Gasteiger partial charge in [0.15, 0.2) is 0 Å². The lowest BCUT2D eigenvalue weighted by molar-refractivity contribution is 0.0341. The van der Waals surface area contributed by atoms with Gasteiger partial charge >= 0.3 is 0 Å². The van der Waals surface area contributed by atoms with Gasteiger partial charge in [0.2, 0.25) is 0 Å². The molecule has 0 aliphatic heterocycles. The zero-order chi connectivity index (χ0) is 8.27. The summed E-state index contributed by atoms with van der Waals surface area (Å²) in [6.45, 7) is 0.317. The van der Waals surface area contributed by atoms with Gasteiger partial charge in [-0.1, -0.05) is 6.42 Å². The van der Waals surface area contributed by atoms with Crippen LogP contribution in [-0.4, -0.2) is 29.0 Å². The van der Waals surface area contributed by atoms with Gasteiger partial charge in [-0.25, -0.2) is 0 Å². The van der Waals surface area contributed by atoms with Gasteiger partial charge in [-0.3, -0.25) is 0 Å². The number of hydrogen-bond acceptors (Lipinski definition) is 3. The summed E-state index contributed by atoms with van der Waals surface area (Å²) >= 11 is 0. The minimum absolute atomic E-state index is 0.213. The molecule has 0 heterocycles. The van der Waals surface area contributed by atoms with Gasteiger partial charge in [0.25, 0.3) is 0 Å². The van der Waals surface area contributed by atoms with Crippen molar-refractivity contribution in [1.82, 2.24) is 0 Å². The van der Waals surface area contributed by atoms with Crippen molar-refractivity contribution in [2.45, 2.75) is 37.9 Å². The van der Waals surface area contributed by atoms with Crippen molar-refractivity contribution in [2.75, 3.05) is 6.54 Å². The van der Waals surface area contributed by atoms with Crippen molar-refractivity contribution in [3.8, 4) is 0 Å². The van der Waals surface area contributed by atoms with Gasteiger partial charge in [0, 0.05) is 6.54 Å². The summed E-state index contributed by atoms with van der Waals surface area (Å²) in [5, 5.41) is 18.6. The molecule has 3 nitrogen and oxygen atoms in total. The van der Waals surface area contributed by atoms with Crippen LogP contribution in [0.25, 0.3) is 0 Å². The molecule has 1 saturated carbocycles. The van der Waals surface area contributed by atoms with E-state index in [1.165, 1.54) is 0 Å². The van der Waals surface area contributed by atoms with E-state index in [2.05, 4.69) is 0 Å². The summed E-state index contributed by atoms with van der Waals surface area (Å²) in [4.78, 5) is 0. The van der Waals surface area contributed by atoms with E-state index in [-0.39, 0.29) is 12.0 Å². The van der Waals surface area contributed by atoms with Crippen molar-refractivity contribution in [2.24, 2.45) is 11.7 Å². The minimum atomic E-state index is -0.412. The molecule has 3 unspecified atom stereocenters. The fourth-order valence-corrected chi connectivity index (χ4v) is 1.74. The maximum Gasteiger partial charge on any atom is 0.0691 e. The predicted octanol–water partition coefficient (Wildman–Crippen LogP) is -0.143. The molecule has 0 spiro atoms. The van der Waals surface area contributed by atoms with Crippen LogP contribution in [0.15, 0.2) is 0 Å². The maximum atomic E-state index is 9.36. The van der Waals surface area contributed by atoms with Crippen LogP contribution in [0.3, 0.4) is 0 Å². The topological polar surface area (TPSA) is 66.5 Å². The number of rotatable bonds is 2. The van der Waals surface area contributed by atoms with Crippen LogP contribution >= 0.6 is 0 Å². The van der Waals surface area contributed by atoms with Crippen LogP contribution in [-0.2, 0) is 0 Å². The molecule has 66 valence electrons. The first-order valence-corrected chi connectivity index (χ1v) is 4.30. The first-order valence-electron chi connectivity index (χ1n) is 4.30. The molecule has 0 radical (unpaired) electrons. The molecule has 1 aliphatic rings. The third-order valence-corrected chi connectivity index (χ3v) is 2.47. The molecule has 11 heavy (non-hydrogen) atoms. The van der Waals surface area contributed by atoms with Crippen LogP contribution in [0, 0.1) is 5.92 Å². The van der Waals surface area contributed by atoms with E-state index < -0.39 is 6.10 Å². The fraction of sp³-hybridized carbons (Fsp3) is 1.00. The lowest BCUT2D eigenvalue weighted by atomic mass is 9.84. The molecular weight excluding hydrogens is 142 g/mol. The molecular formula is C8H17NO2. The fourth-order valence-electron chi connectivity index (χ4n) is 1.74. The van der Waals surface area contributed by atoms with Gasteiger partial charge in [-0.2, -0.15) is 0 Å². The Kier molecular flexibility index (Phi) is 3.30. The Bertz CT molecular complexity index is 119. The number of hydrogen-bond donors (Lipinski definition) is 3. The van der Waals surface area contributed by atoms with E-state index in [4.69, 9.17) is 5.73 Å². The zero-order valence-corrected chi connectivity index (χ0v) is 6.74. The lowest BCUT2D eigenvalue weighted by Crippen LogP contribution is -2.33. The molecule has 1 aliphatic carbocycles. The lowest BCUT2D eigenvalue weighted by Gasteiger charge is -2.28. The molecule has 0 aromatic heterocycles. The number of aliphatic hydroxyl groups excluding tert-OH is 2. The Morgan fingerprint density at radius 1 is 1.45 bits per heavy atom. The SMILES string of the molecule is NCC(O)C1CCCC(O)C1. The van der Waals surface area contributed by atoms with Crippen molar-refractivity contribution >= 4 is 0 Å². The van der Waals surface area contributed by atoms with Crippen molar-refractivity contribution < 1.29 is 10.2 Å². The van der Waals surface area contributed by atoms with Gasteiger partial charge in [0.05, 0.1) is 12.2 Å². The minimum Gasteiger partial charge on any atom is -0.393 e.